The predicted octanol–water partition coefficient (Wildman–Crippen LogP) is 5.63. The number of ether oxygens (including phenoxy) is 1. The van der Waals surface area contributed by atoms with Gasteiger partial charge < -0.3 is 9.84 Å². The van der Waals surface area contributed by atoms with Crippen molar-refractivity contribution in [2.24, 2.45) is 0 Å². The number of benzene rings is 3. The summed E-state index contributed by atoms with van der Waals surface area (Å²) in [6.45, 7) is 11.3. The molecule has 0 amide bonds. The van der Waals surface area contributed by atoms with Gasteiger partial charge in [-0.1, -0.05) is 81.4 Å². The van der Waals surface area contributed by atoms with Crippen LogP contribution in [0.4, 0.5) is 0 Å². The summed E-state index contributed by atoms with van der Waals surface area (Å²) in [6.07, 6.45) is 0. The molecule has 1 aliphatic heterocycles. The van der Waals surface area contributed by atoms with Crippen LogP contribution in [0.1, 0.15) is 55.5 Å². The van der Waals surface area contributed by atoms with Gasteiger partial charge in [0.2, 0.25) is 0 Å². The summed E-state index contributed by atoms with van der Waals surface area (Å²) in [4.78, 5) is 2.33. The molecule has 162 valence electrons. The van der Waals surface area contributed by atoms with E-state index < -0.39 is 5.60 Å². The van der Waals surface area contributed by atoms with Gasteiger partial charge in [-0.25, -0.2) is 0 Å². The SMILES string of the molecule is CCOc1ccc(C(C)(C)C)cc1C1(O)CN(Cc2ccccc2)Cc2ccccc21. The molecule has 1 N–H and O–H groups in total. The van der Waals surface area contributed by atoms with Crippen molar-refractivity contribution in [1.82, 2.24) is 4.90 Å². The Kier molecular flexibility index (Phi) is 5.92. The van der Waals surface area contributed by atoms with Crippen molar-refractivity contribution in [3.8, 4) is 5.75 Å². The molecule has 0 saturated carbocycles. The Morgan fingerprint density at radius 1 is 0.935 bits per heavy atom. The normalized spacial score (nSPS) is 19.1. The Balaban J connectivity index is 1.83. The highest BCUT2D eigenvalue weighted by Crippen LogP contribution is 2.43. The number of β-amino-alcohol motifs (C(OH)–C–C–N with tert-alkyl or cyclic N) is 1. The van der Waals surface area contributed by atoms with E-state index in [1.807, 2.05) is 25.1 Å². The maximum atomic E-state index is 12.3. The molecule has 0 radical (unpaired) electrons. The monoisotopic (exact) mass is 415 g/mol. The van der Waals surface area contributed by atoms with Crippen molar-refractivity contribution in [3.63, 3.8) is 0 Å². The van der Waals surface area contributed by atoms with Gasteiger partial charge in [0.25, 0.3) is 0 Å². The van der Waals surface area contributed by atoms with Gasteiger partial charge >= 0.3 is 0 Å². The quantitative estimate of drug-likeness (QED) is 0.586. The zero-order chi connectivity index (χ0) is 22.1. The fourth-order valence-electron chi connectivity index (χ4n) is 4.55. The van der Waals surface area contributed by atoms with E-state index in [0.29, 0.717) is 13.2 Å². The van der Waals surface area contributed by atoms with Crippen LogP contribution < -0.4 is 4.74 Å². The van der Waals surface area contributed by atoms with Crippen LogP contribution in [-0.4, -0.2) is 23.2 Å². The number of nitrogens with zero attached hydrogens (tertiary/aromatic N) is 1. The fraction of sp³-hybridized carbons (Fsp3) is 0.357. The van der Waals surface area contributed by atoms with E-state index in [-0.39, 0.29) is 5.41 Å². The lowest BCUT2D eigenvalue weighted by Crippen LogP contribution is -2.46. The molecule has 0 aromatic heterocycles. The first-order chi connectivity index (χ1) is 14.8. The summed E-state index contributed by atoms with van der Waals surface area (Å²) >= 11 is 0. The van der Waals surface area contributed by atoms with E-state index in [0.717, 1.165) is 35.5 Å². The van der Waals surface area contributed by atoms with Crippen LogP contribution in [0, 0.1) is 0 Å². The van der Waals surface area contributed by atoms with Gasteiger partial charge in [-0.2, -0.15) is 0 Å². The predicted molar refractivity (Wildman–Crippen MR) is 126 cm³/mol. The van der Waals surface area contributed by atoms with Crippen LogP contribution in [0.15, 0.2) is 72.8 Å². The number of hydrogen-bond donors (Lipinski definition) is 1. The second-order valence-electron chi connectivity index (χ2n) is 9.54. The van der Waals surface area contributed by atoms with Crippen LogP contribution >= 0.6 is 0 Å². The molecule has 1 unspecified atom stereocenters. The number of hydrogen-bond acceptors (Lipinski definition) is 3. The van der Waals surface area contributed by atoms with Crippen molar-refractivity contribution in [3.05, 3.63) is 101 Å². The van der Waals surface area contributed by atoms with Crippen molar-refractivity contribution in [1.29, 1.82) is 0 Å². The van der Waals surface area contributed by atoms with Crippen LogP contribution in [-0.2, 0) is 24.1 Å². The molecule has 0 bridgehead atoms. The molecule has 3 nitrogen and oxygen atoms in total. The molecule has 1 atom stereocenters. The van der Waals surface area contributed by atoms with Crippen LogP contribution in [0.25, 0.3) is 0 Å². The number of fused-ring (bicyclic) bond motifs is 1. The lowest BCUT2D eigenvalue weighted by Gasteiger charge is -2.42. The highest BCUT2D eigenvalue weighted by atomic mass is 16.5. The maximum Gasteiger partial charge on any atom is 0.131 e. The zero-order valence-electron chi connectivity index (χ0n) is 19.1. The van der Waals surface area contributed by atoms with Crippen molar-refractivity contribution in [2.75, 3.05) is 13.2 Å². The third-order valence-corrected chi connectivity index (χ3v) is 6.15. The zero-order valence-corrected chi connectivity index (χ0v) is 19.1. The minimum Gasteiger partial charge on any atom is -0.493 e. The lowest BCUT2D eigenvalue weighted by molar-refractivity contribution is 0.0133. The van der Waals surface area contributed by atoms with Crippen molar-refractivity contribution < 1.29 is 9.84 Å². The summed E-state index contributed by atoms with van der Waals surface area (Å²) in [5.41, 5.74) is 4.27. The van der Waals surface area contributed by atoms with Crippen molar-refractivity contribution in [2.45, 2.75) is 51.8 Å². The van der Waals surface area contributed by atoms with Gasteiger partial charge in [0.15, 0.2) is 0 Å². The summed E-state index contributed by atoms with van der Waals surface area (Å²) in [5.74, 6) is 0.759. The highest BCUT2D eigenvalue weighted by Gasteiger charge is 2.41. The Hall–Kier alpha value is -2.62. The molecular formula is C28H33NO2. The van der Waals surface area contributed by atoms with Gasteiger partial charge in [-0.3, -0.25) is 4.90 Å². The molecule has 0 fully saturated rings. The average molecular weight is 416 g/mol. The summed E-state index contributed by atoms with van der Waals surface area (Å²) < 4.78 is 6.01. The van der Waals surface area contributed by atoms with Gasteiger partial charge in [-0.15, -0.1) is 0 Å². The standard InChI is InChI=1S/C28H33NO2/c1-5-31-26-16-15-23(27(2,3)4)17-25(26)28(30)20-29(18-21-11-7-6-8-12-21)19-22-13-9-10-14-24(22)28/h6-17,30H,5,18-20H2,1-4H3. The van der Waals surface area contributed by atoms with E-state index >= 15 is 0 Å². The van der Waals surface area contributed by atoms with Gasteiger partial charge in [0.1, 0.15) is 11.4 Å². The third kappa shape index (κ3) is 4.39. The third-order valence-electron chi connectivity index (χ3n) is 6.15. The summed E-state index contributed by atoms with van der Waals surface area (Å²) in [7, 11) is 0. The number of rotatable bonds is 5. The molecule has 0 aliphatic carbocycles. The molecule has 1 heterocycles. The minimum atomic E-state index is -1.14. The van der Waals surface area contributed by atoms with Crippen LogP contribution in [0.2, 0.25) is 0 Å². The topological polar surface area (TPSA) is 32.7 Å². The fourth-order valence-corrected chi connectivity index (χ4v) is 4.55. The molecule has 31 heavy (non-hydrogen) atoms. The van der Waals surface area contributed by atoms with E-state index in [1.165, 1.54) is 11.1 Å². The van der Waals surface area contributed by atoms with E-state index in [2.05, 4.69) is 80.3 Å². The van der Waals surface area contributed by atoms with Crippen LogP contribution in [0.3, 0.4) is 0 Å². The van der Waals surface area contributed by atoms with E-state index in [9.17, 15) is 5.11 Å². The largest absolute Gasteiger partial charge is 0.493 e. The molecule has 1 aliphatic rings. The van der Waals surface area contributed by atoms with Gasteiger partial charge in [-0.05, 0) is 46.7 Å². The Morgan fingerprint density at radius 2 is 1.65 bits per heavy atom. The Labute approximate surface area is 186 Å². The molecule has 4 rings (SSSR count). The number of aliphatic hydroxyl groups is 1. The molecule has 0 spiro atoms. The molecule has 0 saturated heterocycles. The van der Waals surface area contributed by atoms with Gasteiger partial charge in [0.05, 0.1) is 6.61 Å². The average Bonchev–Trinajstić information content (AvgIpc) is 2.74. The Morgan fingerprint density at radius 3 is 2.35 bits per heavy atom. The smallest absolute Gasteiger partial charge is 0.131 e. The van der Waals surface area contributed by atoms with Crippen LogP contribution in [0.5, 0.6) is 5.75 Å². The molecule has 3 aromatic rings. The second kappa shape index (κ2) is 8.49. The molecular weight excluding hydrogens is 382 g/mol. The summed E-state index contributed by atoms with van der Waals surface area (Å²) in [6, 6.07) is 25.0. The second-order valence-corrected chi connectivity index (χ2v) is 9.54. The van der Waals surface area contributed by atoms with E-state index in [1.54, 1.807) is 0 Å². The summed E-state index contributed by atoms with van der Waals surface area (Å²) in [5, 5.41) is 12.3. The van der Waals surface area contributed by atoms with E-state index in [4.69, 9.17) is 4.74 Å². The van der Waals surface area contributed by atoms with Gasteiger partial charge in [0, 0.05) is 25.2 Å². The Bertz CT molecular complexity index is 1040. The first-order valence-electron chi connectivity index (χ1n) is 11.2. The first-order valence-corrected chi connectivity index (χ1v) is 11.2. The highest BCUT2D eigenvalue weighted by molar-refractivity contribution is 5.51. The maximum absolute atomic E-state index is 12.3. The first kappa shape index (κ1) is 21.6. The minimum absolute atomic E-state index is 0.0201. The lowest BCUT2D eigenvalue weighted by atomic mass is 9.77. The molecule has 3 heteroatoms. The molecule has 3 aromatic carbocycles. The van der Waals surface area contributed by atoms with Crippen molar-refractivity contribution >= 4 is 0 Å².